The third-order valence-electron chi connectivity index (χ3n) is 3.35. The van der Waals surface area contributed by atoms with E-state index in [2.05, 4.69) is 32.4 Å². The largest absolute Gasteiger partial charge is 0.360 e. The Bertz CT molecular complexity index is 777. The summed E-state index contributed by atoms with van der Waals surface area (Å²) in [5, 5.41) is 3.06. The maximum absolute atomic E-state index is 12.5. The summed E-state index contributed by atoms with van der Waals surface area (Å²) < 4.78 is 1.10. The highest BCUT2D eigenvalue weighted by Crippen LogP contribution is 2.22. The van der Waals surface area contributed by atoms with Gasteiger partial charge >= 0.3 is 0 Å². The number of halogens is 1. The number of H-pyrrole nitrogens is 1. The summed E-state index contributed by atoms with van der Waals surface area (Å²) in [7, 11) is 1.97. The number of aromatic amines is 1. The number of carbonyl (C=O) groups excluding carboxylic acids is 1. The molecule has 0 radical (unpaired) electrons. The number of hydrogen-bond donors (Lipinski definition) is 1. The number of carbonyl (C=O) groups is 1. The lowest BCUT2D eigenvalue weighted by Gasteiger charge is -2.14. The van der Waals surface area contributed by atoms with Gasteiger partial charge in [0.25, 0.3) is 0 Å². The van der Waals surface area contributed by atoms with Gasteiger partial charge in [0, 0.05) is 43.9 Å². The number of nitrogens with one attached hydrogen (secondary N) is 1. The molecular formula is C16H15BrN2OS. The Morgan fingerprint density at radius 2 is 2.19 bits per heavy atom. The molecule has 0 saturated carbocycles. The molecule has 0 amide bonds. The molecule has 3 nitrogen and oxygen atoms in total. The van der Waals surface area contributed by atoms with Crippen LogP contribution in [-0.4, -0.2) is 29.3 Å². The van der Waals surface area contributed by atoms with Crippen LogP contribution in [0, 0.1) is 0 Å². The minimum Gasteiger partial charge on any atom is -0.360 e. The molecule has 0 aliphatic heterocycles. The number of benzene rings is 1. The van der Waals surface area contributed by atoms with Crippen molar-refractivity contribution in [3.63, 3.8) is 0 Å². The van der Waals surface area contributed by atoms with Crippen LogP contribution in [0.3, 0.4) is 0 Å². The molecule has 0 atom stereocenters. The summed E-state index contributed by atoms with van der Waals surface area (Å²) in [4.78, 5) is 18.9. The van der Waals surface area contributed by atoms with E-state index in [0.29, 0.717) is 6.54 Å². The zero-order chi connectivity index (χ0) is 14.8. The predicted octanol–water partition coefficient (Wildman–Crippen LogP) is 4.31. The van der Waals surface area contributed by atoms with Gasteiger partial charge in [-0.05, 0) is 35.1 Å². The van der Waals surface area contributed by atoms with Crippen molar-refractivity contribution in [3.05, 3.63) is 56.8 Å². The average molecular weight is 363 g/mol. The number of ketones is 1. The Kier molecular flexibility index (Phi) is 4.24. The zero-order valence-corrected chi connectivity index (χ0v) is 14.0. The molecule has 3 aromatic rings. The fraction of sp³-hybridized carbons (Fsp3) is 0.188. The molecule has 0 unspecified atom stereocenters. The highest BCUT2D eigenvalue weighted by molar-refractivity contribution is 9.10. The first-order valence-electron chi connectivity index (χ1n) is 6.64. The van der Waals surface area contributed by atoms with Crippen LogP contribution in [0.15, 0.2) is 46.4 Å². The van der Waals surface area contributed by atoms with E-state index in [9.17, 15) is 4.79 Å². The van der Waals surface area contributed by atoms with E-state index in [1.165, 1.54) is 4.88 Å². The second kappa shape index (κ2) is 6.13. The van der Waals surface area contributed by atoms with Crippen molar-refractivity contribution in [1.29, 1.82) is 0 Å². The minimum atomic E-state index is 0.144. The number of Topliss-reactive ketones (excluding diaryl/α,β-unsaturated/α-hetero) is 1. The lowest BCUT2D eigenvalue weighted by atomic mass is 10.1. The van der Waals surface area contributed by atoms with Crippen LogP contribution in [0.4, 0.5) is 0 Å². The van der Waals surface area contributed by atoms with Gasteiger partial charge in [-0.1, -0.05) is 18.2 Å². The van der Waals surface area contributed by atoms with Crippen LogP contribution >= 0.6 is 27.3 Å². The monoisotopic (exact) mass is 362 g/mol. The highest BCUT2D eigenvalue weighted by Gasteiger charge is 2.14. The maximum Gasteiger partial charge on any atom is 0.178 e. The molecule has 0 fully saturated rings. The van der Waals surface area contributed by atoms with Gasteiger partial charge in [-0.25, -0.2) is 0 Å². The summed E-state index contributed by atoms with van der Waals surface area (Å²) in [5.74, 6) is 0.144. The summed E-state index contributed by atoms with van der Waals surface area (Å²) in [6.45, 7) is 1.20. The van der Waals surface area contributed by atoms with Crippen molar-refractivity contribution in [1.82, 2.24) is 9.88 Å². The van der Waals surface area contributed by atoms with Gasteiger partial charge in [-0.3, -0.25) is 9.69 Å². The quantitative estimate of drug-likeness (QED) is 0.686. The average Bonchev–Trinajstić information content (AvgIpc) is 3.04. The predicted molar refractivity (Wildman–Crippen MR) is 91.0 cm³/mol. The number of para-hydroxylation sites is 1. The van der Waals surface area contributed by atoms with Crippen molar-refractivity contribution in [2.75, 3.05) is 13.6 Å². The van der Waals surface area contributed by atoms with Crippen LogP contribution in [0.2, 0.25) is 0 Å². The van der Waals surface area contributed by atoms with Gasteiger partial charge in [-0.15, -0.1) is 11.3 Å². The van der Waals surface area contributed by atoms with Crippen molar-refractivity contribution in [2.45, 2.75) is 6.54 Å². The number of likely N-dealkylation sites (N-methyl/N-ethyl adjacent to an activating group) is 1. The van der Waals surface area contributed by atoms with Gasteiger partial charge in [0.1, 0.15) is 0 Å². The molecule has 2 aromatic heterocycles. The number of fused-ring (bicyclic) bond motifs is 1. The molecular weight excluding hydrogens is 348 g/mol. The standard InChI is InChI=1S/C16H15BrN2OS/c1-19(8-12-6-11(17)10-21-12)9-16(20)14-7-18-15-5-3-2-4-13(14)15/h2-7,10,18H,8-9H2,1H3. The van der Waals surface area contributed by atoms with Gasteiger partial charge < -0.3 is 4.98 Å². The normalized spacial score (nSPS) is 11.4. The van der Waals surface area contributed by atoms with Crippen molar-refractivity contribution < 1.29 is 4.79 Å². The van der Waals surface area contributed by atoms with Crippen LogP contribution < -0.4 is 0 Å². The Labute approximate surface area is 135 Å². The minimum absolute atomic E-state index is 0.144. The third kappa shape index (κ3) is 3.26. The third-order valence-corrected chi connectivity index (χ3v) is 5.03. The first-order valence-corrected chi connectivity index (χ1v) is 8.31. The molecule has 0 aliphatic rings. The van der Waals surface area contributed by atoms with Crippen LogP contribution in [0.5, 0.6) is 0 Å². The van der Waals surface area contributed by atoms with Crippen molar-refractivity contribution in [3.8, 4) is 0 Å². The Morgan fingerprint density at radius 1 is 1.38 bits per heavy atom. The van der Waals surface area contributed by atoms with E-state index in [4.69, 9.17) is 0 Å². The summed E-state index contributed by atoms with van der Waals surface area (Å²) >= 11 is 5.15. The second-order valence-corrected chi connectivity index (χ2v) is 6.99. The smallest absolute Gasteiger partial charge is 0.178 e. The van der Waals surface area contributed by atoms with E-state index in [1.54, 1.807) is 11.3 Å². The molecule has 21 heavy (non-hydrogen) atoms. The van der Waals surface area contributed by atoms with Gasteiger partial charge in [0.2, 0.25) is 0 Å². The molecule has 0 bridgehead atoms. The lowest BCUT2D eigenvalue weighted by molar-refractivity contribution is 0.0945. The fourth-order valence-corrected chi connectivity index (χ4v) is 3.92. The molecule has 0 aliphatic carbocycles. The maximum atomic E-state index is 12.5. The number of nitrogens with zero attached hydrogens (tertiary/aromatic N) is 1. The topological polar surface area (TPSA) is 36.1 Å². The Balaban J connectivity index is 1.71. The van der Waals surface area contributed by atoms with E-state index >= 15 is 0 Å². The van der Waals surface area contributed by atoms with E-state index < -0.39 is 0 Å². The fourth-order valence-electron chi connectivity index (χ4n) is 2.39. The summed E-state index contributed by atoms with van der Waals surface area (Å²) in [6, 6.07) is 9.99. The van der Waals surface area contributed by atoms with Gasteiger partial charge in [0.15, 0.2) is 5.78 Å². The van der Waals surface area contributed by atoms with Gasteiger partial charge in [-0.2, -0.15) is 0 Å². The van der Waals surface area contributed by atoms with Crippen LogP contribution in [0.1, 0.15) is 15.2 Å². The van der Waals surface area contributed by atoms with Crippen molar-refractivity contribution in [2.24, 2.45) is 0 Å². The summed E-state index contributed by atoms with van der Waals surface area (Å²) in [5.41, 5.74) is 1.77. The first kappa shape index (κ1) is 14.5. The molecule has 3 rings (SSSR count). The highest BCUT2D eigenvalue weighted by atomic mass is 79.9. The molecule has 0 spiro atoms. The number of aromatic nitrogens is 1. The van der Waals surface area contributed by atoms with E-state index in [1.807, 2.05) is 42.4 Å². The molecule has 2 heterocycles. The first-order chi connectivity index (χ1) is 10.1. The number of thiophene rings is 1. The lowest BCUT2D eigenvalue weighted by Crippen LogP contribution is -2.25. The molecule has 1 aromatic carbocycles. The molecule has 1 N–H and O–H groups in total. The molecule has 0 saturated heterocycles. The van der Waals surface area contributed by atoms with Crippen LogP contribution in [0.25, 0.3) is 10.9 Å². The van der Waals surface area contributed by atoms with Crippen LogP contribution in [-0.2, 0) is 6.54 Å². The molecule has 108 valence electrons. The second-order valence-electron chi connectivity index (χ2n) is 5.07. The van der Waals surface area contributed by atoms with E-state index in [-0.39, 0.29) is 5.78 Å². The number of hydrogen-bond acceptors (Lipinski definition) is 3. The SMILES string of the molecule is CN(CC(=O)c1c[nH]c2ccccc12)Cc1cc(Br)cs1. The number of rotatable bonds is 5. The van der Waals surface area contributed by atoms with Gasteiger partial charge in [0.05, 0.1) is 6.54 Å². The molecule has 5 heteroatoms. The van der Waals surface area contributed by atoms with Crippen molar-refractivity contribution >= 4 is 44.0 Å². The Morgan fingerprint density at radius 3 is 2.95 bits per heavy atom. The zero-order valence-electron chi connectivity index (χ0n) is 11.6. The Hall–Kier alpha value is -1.43. The van der Waals surface area contributed by atoms with E-state index in [0.717, 1.165) is 27.5 Å². The summed E-state index contributed by atoms with van der Waals surface area (Å²) in [6.07, 6.45) is 1.81.